The van der Waals surface area contributed by atoms with E-state index in [0.29, 0.717) is 11.4 Å². The van der Waals surface area contributed by atoms with E-state index in [9.17, 15) is 9.59 Å². The van der Waals surface area contributed by atoms with Crippen molar-refractivity contribution >= 4 is 46.3 Å². The maximum atomic E-state index is 12.3. The highest BCUT2D eigenvalue weighted by Crippen LogP contribution is 2.26. The van der Waals surface area contributed by atoms with E-state index in [2.05, 4.69) is 46.8 Å². The van der Waals surface area contributed by atoms with Gasteiger partial charge >= 0.3 is 0 Å². The van der Waals surface area contributed by atoms with E-state index in [4.69, 9.17) is 0 Å². The summed E-state index contributed by atoms with van der Waals surface area (Å²) >= 11 is 3.23. The second-order valence-electron chi connectivity index (χ2n) is 6.37. The molecule has 0 atom stereocenters. The molecule has 2 aromatic carbocycles. The minimum absolute atomic E-state index is 0.139. The van der Waals surface area contributed by atoms with Crippen molar-refractivity contribution in [3.05, 3.63) is 70.7 Å². The lowest BCUT2D eigenvalue weighted by Crippen LogP contribution is -2.15. The van der Waals surface area contributed by atoms with Crippen LogP contribution in [0, 0.1) is 6.92 Å². The molecule has 1 heterocycles. The third-order valence-corrected chi connectivity index (χ3v) is 5.96. The average molecular weight is 412 g/mol. The number of aryl methyl sites for hydroxylation is 1. The molecule has 0 aliphatic heterocycles. The van der Waals surface area contributed by atoms with Crippen LogP contribution in [0.2, 0.25) is 0 Å². The second kappa shape index (κ2) is 9.52. The van der Waals surface area contributed by atoms with Crippen molar-refractivity contribution in [3.8, 4) is 0 Å². The van der Waals surface area contributed by atoms with Crippen molar-refractivity contribution in [2.24, 2.45) is 0 Å². The number of thiazole rings is 1. The van der Waals surface area contributed by atoms with Gasteiger partial charge in [0.1, 0.15) is 4.34 Å². The van der Waals surface area contributed by atoms with Crippen LogP contribution in [0.15, 0.2) is 58.3 Å². The summed E-state index contributed by atoms with van der Waals surface area (Å²) in [5.41, 5.74) is 4.55. The third kappa shape index (κ3) is 6.21. The number of benzene rings is 2. The Morgan fingerprint density at radius 2 is 1.79 bits per heavy atom. The summed E-state index contributed by atoms with van der Waals surface area (Å²) in [6.45, 7) is 3.52. The zero-order valence-electron chi connectivity index (χ0n) is 15.7. The summed E-state index contributed by atoms with van der Waals surface area (Å²) in [4.78, 5) is 28.0. The van der Waals surface area contributed by atoms with E-state index in [1.54, 1.807) is 47.4 Å². The molecule has 0 fully saturated rings. The molecule has 2 N–H and O–H groups in total. The van der Waals surface area contributed by atoms with Gasteiger partial charge in [-0.2, -0.15) is 0 Å². The van der Waals surface area contributed by atoms with E-state index in [1.165, 1.54) is 18.1 Å². The molecule has 3 aromatic rings. The van der Waals surface area contributed by atoms with Gasteiger partial charge in [-0.1, -0.05) is 47.7 Å². The molecule has 0 saturated heterocycles. The number of hydrogen-bond donors (Lipinski definition) is 2. The first-order valence-electron chi connectivity index (χ1n) is 8.78. The number of amides is 2. The van der Waals surface area contributed by atoms with Crippen molar-refractivity contribution in [2.75, 3.05) is 10.6 Å². The molecule has 0 unspecified atom stereocenters. The second-order valence-corrected chi connectivity index (χ2v) is 8.45. The molecular formula is C21H21N3O2S2. The maximum absolute atomic E-state index is 12.3. The molecule has 0 radical (unpaired) electrons. The number of carbonyl (C=O) groups is 2. The van der Waals surface area contributed by atoms with Crippen LogP contribution in [-0.2, 0) is 21.8 Å². The Hall–Kier alpha value is -2.64. The Balaban J connectivity index is 1.52. The Morgan fingerprint density at radius 3 is 2.50 bits per heavy atom. The number of thioether (sulfide) groups is 1. The van der Waals surface area contributed by atoms with Gasteiger partial charge in [0.05, 0.1) is 12.1 Å². The summed E-state index contributed by atoms with van der Waals surface area (Å²) in [6.07, 6.45) is 0.214. The number of nitrogens with zero attached hydrogens (tertiary/aromatic N) is 1. The number of anilines is 2. The molecule has 1 aromatic heterocycles. The molecule has 7 heteroatoms. The number of hydrogen-bond acceptors (Lipinski definition) is 5. The molecule has 0 spiro atoms. The minimum Gasteiger partial charge on any atom is -0.326 e. The lowest BCUT2D eigenvalue weighted by molar-refractivity contribution is -0.116. The fourth-order valence-electron chi connectivity index (χ4n) is 2.51. The number of aromatic nitrogens is 1. The highest BCUT2D eigenvalue weighted by atomic mass is 32.2. The molecule has 28 heavy (non-hydrogen) atoms. The highest BCUT2D eigenvalue weighted by Gasteiger charge is 2.09. The molecule has 0 saturated carbocycles. The van der Waals surface area contributed by atoms with Crippen LogP contribution in [0.25, 0.3) is 0 Å². The van der Waals surface area contributed by atoms with E-state index in [-0.39, 0.29) is 18.2 Å². The smallest absolute Gasteiger partial charge is 0.230 e. The standard InChI is InChI=1S/C21H21N3O2S2/c1-14-6-8-16(9-7-14)12-27-21-24-19(13-28-21)11-20(26)23-18-5-3-4-17(10-18)22-15(2)25/h3-10,13H,11-12H2,1-2H3,(H,22,25)(H,23,26). The van der Waals surface area contributed by atoms with Crippen LogP contribution in [-0.4, -0.2) is 16.8 Å². The largest absolute Gasteiger partial charge is 0.326 e. The quantitative estimate of drug-likeness (QED) is 0.544. The van der Waals surface area contributed by atoms with Gasteiger partial charge in [-0.05, 0) is 30.7 Å². The van der Waals surface area contributed by atoms with Gasteiger partial charge in [-0.15, -0.1) is 11.3 Å². The third-order valence-electron chi connectivity index (χ3n) is 3.82. The molecule has 3 rings (SSSR count). The first-order valence-corrected chi connectivity index (χ1v) is 10.6. The number of nitrogens with one attached hydrogen (secondary N) is 2. The van der Waals surface area contributed by atoms with Crippen molar-refractivity contribution in [2.45, 2.75) is 30.4 Å². The van der Waals surface area contributed by atoms with Crippen LogP contribution in [0.4, 0.5) is 11.4 Å². The van der Waals surface area contributed by atoms with Crippen molar-refractivity contribution in [3.63, 3.8) is 0 Å². The lowest BCUT2D eigenvalue weighted by atomic mass is 10.2. The zero-order valence-corrected chi connectivity index (χ0v) is 17.3. The maximum Gasteiger partial charge on any atom is 0.230 e. The first kappa shape index (κ1) is 20.1. The van der Waals surface area contributed by atoms with Crippen LogP contribution in [0.3, 0.4) is 0 Å². The van der Waals surface area contributed by atoms with E-state index < -0.39 is 0 Å². The molecule has 144 valence electrons. The Labute approximate surface area is 172 Å². The molecule has 0 aliphatic carbocycles. The number of rotatable bonds is 7. The fraction of sp³-hybridized carbons (Fsp3) is 0.190. The molecule has 0 bridgehead atoms. The van der Waals surface area contributed by atoms with Gasteiger partial charge in [0.15, 0.2) is 0 Å². The summed E-state index contributed by atoms with van der Waals surface area (Å²) in [5.74, 6) is 0.567. The van der Waals surface area contributed by atoms with E-state index >= 15 is 0 Å². The summed E-state index contributed by atoms with van der Waals surface area (Å²) < 4.78 is 0.955. The Bertz CT molecular complexity index is 968. The fourth-order valence-corrected chi connectivity index (χ4v) is 4.31. The van der Waals surface area contributed by atoms with Crippen LogP contribution in [0.1, 0.15) is 23.7 Å². The van der Waals surface area contributed by atoms with Gasteiger partial charge in [0.2, 0.25) is 11.8 Å². The minimum atomic E-state index is -0.151. The van der Waals surface area contributed by atoms with Crippen LogP contribution >= 0.6 is 23.1 Å². The van der Waals surface area contributed by atoms with Gasteiger partial charge in [0.25, 0.3) is 0 Å². The Morgan fingerprint density at radius 1 is 1.07 bits per heavy atom. The normalized spacial score (nSPS) is 10.5. The van der Waals surface area contributed by atoms with Gasteiger partial charge in [-0.3, -0.25) is 9.59 Å². The Kier molecular flexibility index (Phi) is 6.84. The van der Waals surface area contributed by atoms with E-state index in [0.717, 1.165) is 15.8 Å². The monoisotopic (exact) mass is 411 g/mol. The molecule has 5 nitrogen and oxygen atoms in total. The topological polar surface area (TPSA) is 71.1 Å². The van der Waals surface area contributed by atoms with E-state index in [1.807, 2.05) is 5.38 Å². The molecular weight excluding hydrogens is 390 g/mol. The average Bonchev–Trinajstić information content (AvgIpc) is 3.08. The molecule has 0 aliphatic rings. The summed E-state index contributed by atoms with van der Waals surface area (Å²) in [6, 6.07) is 15.5. The zero-order chi connectivity index (χ0) is 19.9. The van der Waals surface area contributed by atoms with Crippen molar-refractivity contribution in [1.29, 1.82) is 0 Å². The lowest BCUT2D eigenvalue weighted by Gasteiger charge is -2.07. The van der Waals surface area contributed by atoms with Crippen molar-refractivity contribution in [1.82, 2.24) is 4.98 Å². The predicted octanol–water partition coefficient (Wildman–Crippen LogP) is 4.88. The number of carbonyl (C=O) groups excluding carboxylic acids is 2. The van der Waals surface area contributed by atoms with Crippen LogP contribution < -0.4 is 10.6 Å². The van der Waals surface area contributed by atoms with Gasteiger partial charge < -0.3 is 10.6 Å². The predicted molar refractivity (Wildman–Crippen MR) is 116 cm³/mol. The van der Waals surface area contributed by atoms with Gasteiger partial charge in [0, 0.05) is 29.4 Å². The van der Waals surface area contributed by atoms with Crippen molar-refractivity contribution < 1.29 is 9.59 Å². The SMILES string of the molecule is CC(=O)Nc1cccc(NC(=O)Cc2csc(SCc3ccc(C)cc3)n2)c1. The molecule has 2 amide bonds. The van der Waals surface area contributed by atoms with Gasteiger partial charge in [-0.25, -0.2) is 4.98 Å². The summed E-state index contributed by atoms with van der Waals surface area (Å²) in [7, 11) is 0. The summed E-state index contributed by atoms with van der Waals surface area (Å²) in [5, 5.41) is 7.46. The van der Waals surface area contributed by atoms with Crippen LogP contribution in [0.5, 0.6) is 0 Å². The first-order chi connectivity index (χ1) is 13.5. The highest BCUT2D eigenvalue weighted by molar-refractivity contribution is 8.00.